The van der Waals surface area contributed by atoms with Crippen LogP contribution in [0.3, 0.4) is 0 Å². The second-order valence-electron chi connectivity index (χ2n) is 4.98. The lowest BCUT2D eigenvalue weighted by Crippen LogP contribution is -2.14. The zero-order valence-electron chi connectivity index (χ0n) is 11.9. The molecule has 0 radical (unpaired) electrons. The average molecular weight is 292 g/mol. The van der Waals surface area contributed by atoms with Crippen molar-refractivity contribution in [3.63, 3.8) is 0 Å². The number of aryl methyl sites for hydroxylation is 1. The third-order valence-corrected chi connectivity index (χ3v) is 4.01. The molecule has 5 heteroatoms. The summed E-state index contributed by atoms with van der Waals surface area (Å²) in [5.74, 6) is 0.132. The lowest BCUT2D eigenvalue weighted by atomic mass is 10.1. The van der Waals surface area contributed by atoms with E-state index in [0.717, 1.165) is 35.1 Å². The van der Waals surface area contributed by atoms with Gasteiger partial charge in [0.15, 0.2) is 0 Å². The quantitative estimate of drug-likeness (QED) is 0.889. The molecular weight excluding hydrogens is 272 g/mol. The van der Waals surface area contributed by atoms with E-state index < -0.39 is 9.84 Å². The minimum atomic E-state index is -2.95. The first kappa shape index (κ1) is 14.8. The van der Waals surface area contributed by atoms with Crippen molar-refractivity contribution in [3.8, 4) is 0 Å². The van der Waals surface area contributed by atoms with Crippen LogP contribution in [-0.2, 0) is 16.3 Å². The van der Waals surface area contributed by atoms with Gasteiger partial charge in [0.1, 0.15) is 9.84 Å². The number of hydrogen-bond donors (Lipinski definition) is 1. The van der Waals surface area contributed by atoms with Crippen LogP contribution in [-0.4, -0.2) is 32.0 Å². The minimum Gasteiger partial charge on any atom is -0.383 e. The summed E-state index contributed by atoms with van der Waals surface area (Å²) in [6.45, 7) is 2.53. The number of aromatic nitrogens is 1. The van der Waals surface area contributed by atoms with Crippen molar-refractivity contribution >= 4 is 26.4 Å². The van der Waals surface area contributed by atoms with E-state index in [1.165, 1.54) is 6.26 Å². The highest BCUT2D eigenvalue weighted by atomic mass is 32.2. The largest absolute Gasteiger partial charge is 0.383 e. The van der Waals surface area contributed by atoms with Crippen molar-refractivity contribution in [3.05, 3.63) is 36.0 Å². The van der Waals surface area contributed by atoms with E-state index in [2.05, 4.69) is 17.2 Å². The molecule has 0 unspecified atom stereocenters. The fraction of sp³-hybridized carbons (Fsp3) is 0.400. The van der Waals surface area contributed by atoms with Gasteiger partial charge >= 0.3 is 0 Å². The molecule has 1 heterocycles. The first-order valence-corrected chi connectivity index (χ1v) is 8.86. The molecule has 0 saturated carbocycles. The van der Waals surface area contributed by atoms with Crippen LogP contribution in [0.25, 0.3) is 10.9 Å². The fourth-order valence-electron chi connectivity index (χ4n) is 2.13. The zero-order chi connectivity index (χ0) is 14.6. The zero-order valence-corrected chi connectivity index (χ0v) is 12.7. The van der Waals surface area contributed by atoms with Gasteiger partial charge in [-0.1, -0.05) is 31.5 Å². The number of sulfone groups is 1. The lowest BCUT2D eigenvalue weighted by Gasteiger charge is -2.11. The molecule has 0 spiro atoms. The molecule has 20 heavy (non-hydrogen) atoms. The number of nitrogens with zero attached hydrogens (tertiary/aromatic N) is 1. The van der Waals surface area contributed by atoms with E-state index in [1.807, 2.05) is 30.3 Å². The third-order valence-electron chi connectivity index (χ3n) is 3.06. The normalized spacial score (nSPS) is 11.7. The molecule has 0 aliphatic rings. The van der Waals surface area contributed by atoms with Crippen molar-refractivity contribution in [1.29, 1.82) is 0 Å². The molecule has 0 aliphatic heterocycles. The van der Waals surface area contributed by atoms with Gasteiger partial charge < -0.3 is 5.32 Å². The van der Waals surface area contributed by atoms with Crippen LogP contribution in [0.2, 0.25) is 0 Å². The molecule has 4 nitrogen and oxygen atoms in total. The van der Waals surface area contributed by atoms with Crippen molar-refractivity contribution in [2.45, 2.75) is 19.8 Å². The van der Waals surface area contributed by atoms with Gasteiger partial charge in [0.25, 0.3) is 0 Å². The maximum atomic E-state index is 11.2. The van der Waals surface area contributed by atoms with Crippen LogP contribution in [0.4, 0.5) is 5.69 Å². The van der Waals surface area contributed by atoms with Crippen molar-refractivity contribution in [2.24, 2.45) is 0 Å². The minimum absolute atomic E-state index is 0.132. The third kappa shape index (κ3) is 3.93. The molecule has 108 valence electrons. The van der Waals surface area contributed by atoms with Crippen LogP contribution >= 0.6 is 0 Å². The average Bonchev–Trinajstić information content (AvgIpc) is 2.37. The van der Waals surface area contributed by atoms with Gasteiger partial charge in [-0.2, -0.15) is 0 Å². The van der Waals surface area contributed by atoms with Gasteiger partial charge in [0, 0.05) is 29.6 Å². The first-order chi connectivity index (χ1) is 9.49. The smallest absolute Gasteiger partial charge is 0.149 e. The Hall–Kier alpha value is -1.62. The molecule has 0 amide bonds. The maximum Gasteiger partial charge on any atom is 0.149 e. The van der Waals surface area contributed by atoms with Crippen LogP contribution in [0, 0.1) is 0 Å². The summed E-state index contributed by atoms with van der Waals surface area (Å²) in [6, 6.07) is 9.93. The van der Waals surface area contributed by atoms with E-state index in [-0.39, 0.29) is 5.75 Å². The summed E-state index contributed by atoms with van der Waals surface area (Å²) in [5.41, 5.74) is 2.94. The lowest BCUT2D eigenvalue weighted by molar-refractivity contribution is 0.602. The molecule has 0 aliphatic carbocycles. The number of rotatable bonds is 6. The predicted molar refractivity (Wildman–Crippen MR) is 83.9 cm³/mol. The van der Waals surface area contributed by atoms with Crippen LogP contribution in [0.5, 0.6) is 0 Å². The van der Waals surface area contributed by atoms with Crippen molar-refractivity contribution in [2.75, 3.05) is 23.9 Å². The van der Waals surface area contributed by atoms with E-state index >= 15 is 0 Å². The Morgan fingerprint density at radius 2 is 2.00 bits per heavy atom. The summed E-state index contributed by atoms with van der Waals surface area (Å²) < 4.78 is 22.4. The van der Waals surface area contributed by atoms with Gasteiger partial charge in [0.2, 0.25) is 0 Å². The molecule has 2 aromatic rings. The van der Waals surface area contributed by atoms with Gasteiger partial charge in [-0.3, -0.25) is 4.98 Å². The second kappa shape index (κ2) is 6.22. The maximum absolute atomic E-state index is 11.2. The molecule has 1 aromatic carbocycles. The highest BCUT2D eigenvalue weighted by Crippen LogP contribution is 2.23. The van der Waals surface area contributed by atoms with Crippen molar-refractivity contribution in [1.82, 2.24) is 4.98 Å². The molecular formula is C15H20N2O2S. The molecule has 2 rings (SSSR count). The molecule has 0 atom stereocenters. The summed E-state index contributed by atoms with van der Waals surface area (Å²) in [5, 5.41) is 4.25. The number of hydrogen-bond acceptors (Lipinski definition) is 4. The summed E-state index contributed by atoms with van der Waals surface area (Å²) in [7, 11) is -2.95. The van der Waals surface area contributed by atoms with Crippen LogP contribution in [0.15, 0.2) is 30.3 Å². The Balaban J connectivity index is 2.29. The number of anilines is 1. The van der Waals surface area contributed by atoms with E-state index in [0.29, 0.717) is 6.54 Å². The van der Waals surface area contributed by atoms with Gasteiger partial charge in [-0.05, 0) is 18.6 Å². The summed E-state index contributed by atoms with van der Waals surface area (Å²) >= 11 is 0. The predicted octanol–water partition coefficient (Wildman–Crippen LogP) is 2.64. The van der Waals surface area contributed by atoms with E-state index in [1.54, 1.807) is 0 Å². The van der Waals surface area contributed by atoms with Gasteiger partial charge in [-0.15, -0.1) is 0 Å². The van der Waals surface area contributed by atoms with E-state index in [4.69, 9.17) is 0 Å². The molecule has 0 saturated heterocycles. The topological polar surface area (TPSA) is 59.1 Å². The Labute approximate surface area is 120 Å². The summed E-state index contributed by atoms with van der Waals surface area (Å²) in [4.78, 5) is 4.62. The highest BCUT2D eigenvalue weighted by molar-refractivity contribution is 7.90. The SMILES string of the molecule is CCCc1cc(NCCS(C)(=O)=O)c2ccccc2n1. The standard InChI is InChI=1S/C15H20N2O2S/c1-3-6-12-11-15(16-9-10-20(2,18)19)13-7-4-5-8-14(13)17-12/h4-5,7-8,11H,3,6,9-10H2,1-2H3,(H,16,17). The van der Waals surface area contributed by atoms with Crippen LogP contribution in [0.1, 0.15) is 19.0 Å². The Kier molecular flexibility index (Phi) is 4.60. The molecule has 1 aromatic heterocycles. The van der Waals surface area contributed by atoms with Crippen LogP contribution < -0.4 is 5.32 Å². The Morgan fingerprint density at radius 3 is 2.70 bits per heavy atom. The van der Waals surface area contributed by atoms with Crippen molar-refractivity contribution < 1.29 is 8.42 Å². The number of benzene rings is 1. The van der Waals surface area contributed by atoms with Gasteiger partial charge in [0.05, 0.1) is 11.3 Å². The number of para-hydroxylation sites is 1. The Bertz CT molecular complexity index is 696. The number of fused-ring (bicyclic) bond motifs is 1. The number of nitrogens with one attached hydrogen (secondary N) is 1. The first-order valence-electron chi connectivity index (χ1n) is 6.80. The molecule has 0 bridgehead atoms. The monoisotopic (exact) mass is 292 g/mol. The Morgan fingerprint density at radius 1 is 1.25 bits per heavy atom. The highest BCUT2D eigenvalue weighted by Gasteiger charge is 2.06. The molecule has 0 fully saturated rings. The van der Waals surface area contributed by atoms with Gasteiger partial charge in [-0.25, -0.2) is 8.42 Å². The summed E-state index contributed by atoms with van der Waals surface area (Å²) in [6.07, 6.45) is 3.21. The molecule has 1 N–H and O–H groups in total. The number of pyridine rings is 1. The van der Waals surface area contributed by atoms with E-state index in [9.17, 15) is 8.42 Å². The fourth-order valence-corrected chi connectivity index (χ4v) is 2.60. The second-order valence-corrected chi connectivity index (χ2v) is 7.24.